The molecule has 1 N–H and O–H groups in total. The van der Waals surface area contributed by atoms with Gasteiger partial charge in [-0.1, -0.05) is 18.1 Å². The van der Waals surface area contributed by atoms with E-state index in [1.807, 2.05) is 6.07 Å². The first-order valence-electron chi connectivity index (χ1n) is 10.1. The zero-order valence-electron chi connectivity index (χ0n) is 15.2. The van der Waals surface area contributed by atoms with Crippen molar-refractivity contribution >= 4 is 11.8 Å². The van der Waals surface area contributed by atoms with Crippen LogP contribution in [0.2, 0.25) is 0 Å². The first-order valence-corrected chi connectivity index (χ1v) is 10.1. The summed E-state index contributed by atoms with van der Waals surface area (Å²) in [6.07, 6.45) is 11.9. The quantitative estimate of drug-likeness (QED) is 0.828. The third-order valence-electron chi connectivity index (χ3n) is 6.95. The highest BCUT2D eigenvalue weighted by molar-refractivity contribution is 5.87. The fraction of sp³-hybridized carbons (Fsp3) is 0.619. The van der Waals surface area contributed by atoms with E-state index >= 15 is 0 Å². The van der Waals surface area contributed by atoms with E-state index in [2.05, 4.69) is 20.9 Å². The van der Waals surface area contributed by atoms with Gasteiger partial charge >= 0.3 is 5.97 Å². The molecular weight excluding hydrogens is 326 g/mol. The van der Waals surface area contributed by atoms with Gasteiger partial charge in [0, 0.05) is 25.3 Å². The minimum Gasteiger partial charge on any atom is -0.478 e. The number of rotatable bonds is 2. The second kappa shape index (κ2) is 6.38. The van der Waals surface area contributed by atoms with E-state index in [1.54, 1.807) is 11.6 Å². The van der Waals surface area contributed by atoms with Crippen LogP contribution >= 0.6 is 0 Å². The van der Waals surface area contributed by atoms with Crippen molar-refractivity contribution in [2.45, 2.75) is 50.6 Å². The molecule has 1 aromatic rings. The molecule has 0 saturated carbocycles. The monoisotopic (exact) mass is 353 g/mol. The molecule has 0 unspecified atom stereocenters. The molecule has 138 valence electrons. The van der Waals surface area contributed by atoms with Crippen LogP contribution in [0.15, 0.2) is 30.0 Å². The molecule has 5 heteroatoms. The highest BCUT2D eigenvalue weighted by Crippen LogP contribution is 2.45. The van der Waals surface area contributed by atoms with Crippen LogP contribution < -0.4 is 4.90 Å². The van der Waals surface area contributed by atoms with Crippen LogP contribution in [0.3, 0.4) is 0 Å². The number of carboxylic acids is 1. The summed E-state index contributed by atoms with van der Waals surface area (Å²) in [7, 11) is 0. The Labute approximate surface area is 154 Å². The number of pyridine rings is 1. The predicted octanol–water partition coefficient (Wildman–Crippen LogP) is 3.18. The molecular formula is C21H27N3O2. The molecule has 5 rings (SSSR count). The van der Waals surface area contributed by atoms with Gasteiger partial charge in [-0.25, -0.2) is 9.78 Å². The molecule has 26 heavy (non-hydrogen) atoms. The molecule has 0 aromatic carbocycles. The zero-order chi connectivity index (χ0) is 17.7. The van der Waals surface area contributed by atoms with Gasteiger partial charge in [0.25, 0.3) is 0 Å². The predicted molar refractivity (Wildman–Crippen MR) is 100 cm³/mol. The molecule has 4 heterocycles. The molecule has 3 aliphatic heterocycles. The van der Waals surface area contributed by atoms with Gasteiger partial charge < -0.3 is 10.0 Å². The zero-order valence-corrected chi connectivity index (χ0v) is 15.2. The van der Waals surface area contributed by atoms with E-state index < -0.39 is 5.97 Å². The minimum atomic E-state index is -0.910. The first kappa shape index (κ1) is 16.3. The van der Waals surface area contributed by atoms with Crippen molar-refractivity contribution in [3.05, 3.63) is 35.5 Å². The number of nitrogens with zero attached hydrogens (tertiary/aromatic N) is 3. The number of hydrogen-bond acceptors (Lipinski definition) is 4. The Bertz CT molecular complexity index is 729. The molecule has 4 atom stereocenters. The lowest BCUT2D eigenvalue weighted by Crippen LogP contribution is -2.59. The number of aromatic nitrogens is 1. The van der Waals surface area contributed by atoms with Crippen molar-refractivity contribution < 1.29 is 9.90 Å². The fourth-order valence-electron chi connectivity index (χ4n) is 5.91. The Balaban J connectivity index is 1.46. The van der Waals surface area contributed by atoms with Crippen molar-refractivity contribution in [1.29, 1.82) is 0 Å². The van der Waals surface area contributed by atoms with Crippen LogP contribution in [0, 0.1) is 11.8 Å². The van der Waals surface area contributed by atoms with Crippen LogP contribution in [0.1, 0.15) is 48.9 Å². The first-order chi connectivity index (χ1) is 12.7. The number of piperidine rings is 3. The second-order valence-electron chi connectivity index (χ2n) is 8.41. The van der Waals surface area contributed by atoms with Crippen LogP contribution in [0.4, 0.5) is 5.82 Å². The van der Waals surface area contributed by atoms with Crippen molar-refractivity contribution in [3.8, 4) is 0 Å². The lowest BCUT2D eigenvalue weighted by atomic mass is 9.68. The van der Waals surface area contributed by atoms with Crippen LogP contribution in [0.5, 0.6) is 0 Å². The number of carboxylic acid groups (broad SMARTS) is 1. The van der Waals surface area contributed by atoms with E-state index in [1.165, 1.54) is 57.8 Å². The van der Waals surface area contributed by atoms with E-state index in [0.29, 0.717) is 12.0 Å². The van der Waals surface area contributed by atoms with Gasteiger partial charge in [0.2, 0.25) is 0 Å². The molecule has 3 saturated heterocycles. The van der Waals surface area contributed by atoms with Gasteiger partial charge in [-0.2, -0.15) is 0 Å². The van der Waals surface area contributed by atoms with Crippen molar-refractivity contribution in [2.24, 2.45) is 11.8 Å². The van der Waals surface area contributed by atoms with Crippen LogP contribution in [-0.2, 0) is 0 Å². The number of hydrogen-bond donors (Lipinski definition) is 1. The summed E-state index contributed by atoms with van der Waals surface area (Å²) in [6.45, 7) is 3.50. The summed E-state index contributed by atoms with van der Waals surface area (Å²) in [5.41, 5.74) is 1.88. The van der Waals surface area contributed by atoms with Gasteiger partial charge in [-0.3, -0.25) is 4.90 Å². The smallest absolute Gasteiger partial charge is 0.337 e. The van der Waals surface area contributed by atoms with Gasteiger partial charge in [0.15, 0.2) is 0 Å². The molecule has 0 radical (unpaired) electrons. The molecule has 4 aliphatic rings. The van der Waals surface area contributed by atoms with E-state index in [9.17, 15) is 4.79 Å². The van der Waals surface area contributed by atoms with Gasteiger partial charge in [-0.15, -0.1) is 0 Å². The summed E-state index contributed by atoms with van der Waals surface area (Å²) in [5, 5.41) is 9.13. The average Bonchev–Trinajstić information content (AvgIpc) is 2.68. The van der Waals surface area contributed by atoms with Crippen molar-refractivity contribution in [2.75, 3.05) is 24.5 Å². The maximum absolute atomic E-state index is 11.1. The number of carbonyl (C=O) groups is 1. The van der Waals surface area contributed by atoms with Gasteiger partial charge in [0.1, 0.15) is 5.82 Å². The maximum Gasteiger partial charge on any atom is 0.337 e. The van der Waals surface area contributed by atoms with Crippen molar-refractivity contribution in [1.82, 2.24) is 9.88 Å². The standard InChI is InChI=1S/C21H27N3O2/c25-21(26)15-6-7-19(22-12-15)24-9-3-4-14-10-16-11-17(20(14)24)13-23-8-2-1-5-18(16)23/h6-7,10,12,16-18,20H,1-5,8-9,11,13H2,(H,25,26)/t16-,17+,18+,20+/m0/s1. The summed E-state index contributed by atoms with van der Waals surface area (Å²) < 4.78 is 0. The van der Waals surface area contributed by atoms with E-state index in [0.717, 1.165) is 24.3 Å². The average molecular weight is 353 g/mol. The summed E-state index contributed by atoms with van der Waals surface area (Å²) in [4.78, 5) is 20.8. The molecule has 5 nitrogen and oxygen atoms in total. The van der Waals surface area contributed by atoms with Crippen molar-refractivity contribution in [3.63, 3.8) is 0 Å². The Kier molecular flexibility index (Phi) is 4.00. The minimum absolute atomic E-state index is 0.263. The van der Waals surface area contributed by atoms with Crippen LogP contribution in [0.25, 0.3) is 0 Å². The molecule has 1 aliphatic carbocycles. The van der Waals surface area contributed by atoms with E-state index in [4.69, 9.17) is 5.11 Å². The third-order valence-corrected chi connectivity index (χ3v) is 6.95. The Morgan fingerprint density at radius 3 is 2.92 bits per heavy atom. The third kappa shape index (κ3) is 2.64. The lowest BCUT2D eigenvalue weighted by molar-refractivity contribution is 0.0309. The molecule has 0 amide bonds. The summed E-state index contributed by atoms with van der Waals surface area (Å²) >= 11 is 0. The van der Waals surface area contributed by atoms with Gasteiger partial charge in [-0.05, 0) is 62.6 Å². The Hall–Kier alpha value is -1.88. The number of anilines is 1. The summed E-state index contributed by atoms with van der Waals surface area (Å²) in [6, 6.07) is 4.81. The molecule has 2 bridgehead atoms. The highest BCUT2D eigenvalue weighted by Gasteiger charge is 2.46. The SMILES string of the molecule is O=C(O)c1ccc(N2CCCC3=C[C@H]4C[C@H](CN5CCCC[C@H]45)[C@@H]32)nc1. The Morgan fingerprint density at radius 1 is 1.19 bits per heavy atom. The van der Waals surface area contributed by atoms with Gasteiger partial charge in [0.05, 0.1) is 11.6 Å². The maximum atomic E-state index is 11.1. The fourth-order valence-corrected chi connectivity index (χ4v) is 5.91. The highest BCUT2D eigenvalue weighted by atomic mass is 16.4. The number of fused-ring (bicyclic) bond motifs is 6. The molecule has 1 aromatic heterocycles. The lowest BCUT2D eigenvalue weighted by Gasteiger charge is -2.55. The molecule has 3 fully saturated rings. The number of aromatic carboxylic acids is 1. The second-order valence-corrected chi connectivity index (χ2v) is 8.41. The Morgan fingerprint density at radius 2 is 2.12 bits per heavy atom. The topological polar surface area (TPSA) is 56.7 Å². The summed E-state index contributed by atoms with van der Waals surface area (Å²) in [5.74, 6) is 1.44. The van der Waals surface area contributed by atoms with Crippen LogP contribution in [-0.4, -0.2) is 52.7 Å². The molecule has 0 spiro atoms. The largest absolute Gasteiger partial charge is 0.478 e. The van der Waals surface area contributed by atoms with E-state index in [-0.39, 0.29) is 5.56 Å². The normalized spacial score (nSPS) is 33.8.